The summed E-state index contributed by atoms with van der Waals surface area (Å²) in [5.74, 6) is 0. The van der Waals surface area contributed by atoms with Crippen LogP contribution in [-0.2, 0) is 21.7 Å². The predicted molar refractivity (Wildman–Crippen MR) is 100 cm³/mol. The second-order valence-electron chi connectivity index (χ2n) is 6.76. The number of aryl methyl sites for hydroxylation is 2. The van der Waals surface area contributed by atoms with E-state index >= 15 is 0 Å². The maximum absolute atomic E-state index is 2.45. The van der Waals surface area contributed by atoms with Crippen molar-refractivity contribution in [2.45, 2.75) is 26.9 Å². The Labute approximate surface area is 192 Å². The summed E-state index contributed by atoms with van der Waals surface area (Å²) in [5.41, 5.74) is 5.37. The van der Waals surface area contributed by atoms with E-state index in [1.807, 2.05) is 0 Å². The third kappa shape index (κ3) is 6.06. The van der Waals surface area contributed by atoms with Crippen LogP contribution in [-0.4, -0.2) is 8.07 Å². The van der Waals surface area contributed by atoms with Crippen molar-refractivity contribution in [3.05, 3.63) is 77.9 Å². The molecule has 0 aliphatic rings. The van der Waals surface area contributed by atoms with Gasteiger partial charge < -0.3 is 37.2 Å². The van der Waals surface area contributed by atoms with Crippen LogP contribution in [0.25, 0.3) is 11.1 Å². The molecule has 0 fully saturated rings. The zero-order chi connectivity index (χ0) is 15.7. The smallest absolute Gasteiger partial charge is 1.00 e. The van der Waals surface area contributed by atoms with Crippen molar-refractivity contribution in [3.8, 4) is 11.1 Å². The van der Waals surface area contributed by atoms with Crippen LogP contribution in [0, 0.1) is 13.8 Å². The molecule has 0 bridgehead atoms. The fourth-order valence-electron chi connectivity index (χ4n) is 3.14. The van der Waals surface area contributed by atoms with E-state index < -0.39 is 8.07 Å². The number of hydrogen-bond donors (Lipinski definition) is 0. The molecule has 3 rings (SSSR count). The normalized spacial score (nSPS) is 9.85. The quantitative estimate of drug-likeness (QED) is 0.275. The average Bonchev–Trinajstić information content (AvgIpc) is 2.98. The summed E-state index contributed by atoms with van der Waals surface area (Å²) in [6.07, 6.45) is 0. The van der Waals surface area contributed by atoms with Crippen molar-refractivity contribution in [2.24, 2.45) is 0 Å². The summed E-state index contributed by atoms with van der Waals surface area (Å²) >= 11 is 0. The van der Waals surface area contributed by atoms with E-state index in [9.17, 15) is 0 Å². The Morgan fingerprint density at radius 2 is 1.27 bits per heavy atom. The molecule has 0 amide bonds. The number of halogens is 3. The maximum atomic E-state index is 2.45. The first kappa shape index (κ1) is 27.8. The van der Waals surface area contributed by atoms with Crippen molar-refractivity contribution in [1.82, 2.24) is 0 Å². The van der Waals surface area contributed by atoms with E-state index in [4.69, 9.17) is 0 Å². The van der Waals surface area contributed by atoms with Gasteiger partial charge in [-0.25, -0.2) is 6.07 Å². The minimum Gasteiger partial charge on any atom is -1.00 e. The zero-order valence-electron chi connectivity index (χ0n) is 15.5. The van der Waals surface area contributed by atoms with Gasteiger partial charge in [-0.1, -0.05) is 83.5 Å². The van der Waals surface area contributed by atoms with Crippen LogP contribution < -0.4 is 47.6 Å². The maximum Gasteiger partial charge on any atom is 4.00 e. The molecule has 0 unspecified atom stereocenters. The van der Waals surface area contributed by atoms with Crippen molar-refractivity contribution < 1.29 is 58.9 Å². The van der Waals surface area contributed by atoms with E-state index in [1.54, 1.807) is 0 Å². The summed E-state index contributed by atoms with van der Waals surface area (Å²) in [6.45, 7) is 9.29. The number of benzene rings is 2. The van der Waals surface area contributed by atoms with Gasteiger partial charge in [0.05, 0.1) is 8.07 Å². The van der Waals surface area contributed by atoms with Crippen LogP contribution in [0.3, 0.4) is 0 Å². The van der Waals surface area contributed by atoms with Gasteiger partial charge in [0.2, 0.25) is 0 Å². The predicted octanol–water partition coefficient (Wildman–Crippen LogP) is -4.48. The molecule has 3 aromatic carbocycles. The van der Waals surface area contributed by atoms with E-state index in [-0.39, 0.29) is 58.9 Å². The van der Waals surface area contributed by atoms with Gasteiger partial charge in [0.1, 0.15) is 0 Å². The summed E-state index contributed by atoms with van der Waals surface area (Å²) in [5, 5.41) is 3.03. The summed E-state index contributed by atoms with van der Waals surface area (Å²) in [4.78, 5) is 0. The Balaban J connectivity index is 0. The topological polar surface area (TPSA) is 0 Å². The van der Waals surface area contributed by atoms with Crippen LogP contribution in [0.1, 0.15) is 11.1 Å². The minimum absolute atomic E-state index is 0. The third-order valence-electron chi connectivity index (χ3n) is 4.53. The molecule has 26 heavy (non-hydrogen) atoms. The fourth-order valence-corrected chi connectivity index (χ4v) is 5.67. The van der Waals surface area contributed by atoms with Crippen molar-refractivity contribution >= 4 is 18.4 Å². The van der Waals surface area contributed by atoms with Gasteiger partial charge in [-0.2, -0.15) is 22.9 Å². The molecule has 5 heteroatoms. The van der Waals surface area contributed by atoms with E-state index in [0.29, 0.717) is 0 Å². The van der Waals surface area contributed by atoms with Crippen molar-refractivity contribution in [2.75, 3.05) is 0 Å². The van der Waals surface area contributed by atoms with Gasteiger partial charge in [0, 0.05) is 0 Å². The molecule has 136 valence electrons. The fraction of sp³-hybridized carbons (Fsp3) is 0.190. The Morgan fingerprint density at radius 1 is 0.731 bits per heavy atom. The Kier molecular flexibility index (Phi) is 12.2. The van der Waals surface area contributed by atoms with Crippen LogP contribution in [0.5, 0.6) is 0 Å². The molecule has 0 N–H and O–H groups in total. The molecule has 0 aromatic heterocycles. The van der Waals surface area contributed by atoms with Crippen molar-refractivity contribution in [1.29, 1.82) is 0 Å². The summed E-state index contributed by atoms with van der Waals surface area (Å²) in [6, 6.07) is 24.6. The van der Waals surface area contributed by atoms with Gasteiger partial charge >= 0.3 is 21.7 Å². The Morgan fingerprint density at radius 3 is 1.81 bits per heavy atom. The molecule has 0 heterocycles. The second kappa shape index (κ2) is 11.4. The number of rotatable bonds is 3. The first-order valence-corrected chi connectivity index (χ1v) is 10.9. The zero-order valence-corrected chi connectivity index (χ0v) is 20.3. The third-order valence-corrected chi connectivity index (χ3v) is 8.01. The largest absolute Gasteiger partial charge is 4.00 e. The Hall–Kier alpha value is -0.409. The summed E-state index contributed by atoms with van der Waals surface area (Å²) < 4.78 is 0. The SMILES string of the molecule is Cc1cc(C)cc([Si](C)(C)[c-]2ccc(-c3ccccc3)c2)c1.[Cl-].[Cl-].[Cl-].[Ti+4]. The number of hydrogen-bond acceptors (Lipinski definition) is 0. The molecule has 0 radical (unpaired) electrons. The molecule has 0 saturated heterocycles. The minimum atomic E-state index is -1.63. The van der Waals surface area contributed by atoms with Crippen LogP contribution in [0.4, 0.5) is 0 Å². The molecule has 0 aliphatic heterocycles. The van der Waals surface area contributed by atoms with E-state index in [2.05, 4.69) is 93.7 Å². The van der Waals surface area contributed by atoms with Crippen LogP contribution in [0.15, 0.2) is 66.7 Å². The average molecular weight is 458 g/mol. The molecule has 0 atom stereocenters. The molecule has 0 saturated carbocycles. The van der Waals surface area contributed by atoms with Crippen LogP contribution >= 0.6 is 0 Å². The van der Waals surface area contributed by atoms with Gasteiger partial charge in [-0.15, -0.1) is 0 Å². The molecular weight excluding hydrogens is 435 g/mol. The molecule has 0 spiro atoms. The van der Waals surface area contributed by atoms with E-state index in [0.717, 1.165) is 0 Å². The van der Waals surface area contributed by atoms with Gasteiger partial charge in [-0.05, 0) is 13.8 Å². The molecule has 0 aliphatic carbocycles. The van der Waals surface area contributed by atoms with Gasteiger partial charge in [0.15, 0.2) is 0 Å². The molecular formula is C21H23Cl3SiTi. The molecule has 0 nitrogen and oxygen atoms in total. The van der Waals surface area contributed by atoms with Gasteiger partial charge in [0.25, 0.3) is 0 Å². The summed E-state index contributed by atoms with van der Waals surface area (Å²) in [7, 11) is -1.63. The first-order chi connectivity index (χ1) is 10.5. The first-order valence-electron chi connectivity index (χ1n) is 7.88. The van der Waals surface area contributed by atoms with Crippen LogP contribution in [0.2, 0.25) is 13.1 Å². The molecule has 3 aromatic rings. The monoisotopic (exact) mass is 456 g/mol. The van der Waals surface area contributed by atoms with E-state index in [1.165, 1.54) is 32.6 Å². The standard InChI is InChI=1S/C21H23Si.3ClH.Ti/c1-16-12-17(2)14-21(13-16)22(3,4)20-11-10-19(15-20)18-8-6-5-7-9-18;;;;/h5-15H,1-4H3;3*1H;/q-1;;;;+4/p-3. The van der Waals surface area contributed by atoms with Crippen molar-refractivity contribution in [3.63, 3.8) is 0 Å². The van der Waals surface area contributed by atoms with Gasteiger partial charge in [-0.3, -0.25) is 0 Å². The Bertz CT molecular complexity index is 778. The second-order valence-corrected chi connectivity index (χ2v) is 11.2.